The summed E-state index contributed by atoms with van der Waals surface area (Å²) in [5.74, 6) is 0.515. The lowest BCUT2D eigenvalue weighted by Crippen LogP contribution is -2.32. The van der Waals surface area contributed by atoms with E-state index in [2.05, 4.69) is 11.8 Å². The van der Waals surface area contributed by atoms with Crippen molar-refractivity contribution >= 4 is 0 Å². The summed E-state index contributed by atoms with van der Waals surface area (Å²) >= 11 is 0. The van der Waals surface area contributed by atoms with Gasteiger partial charge in [-0.25, -0.2) is 0 Å². The van der Waals surface area contributed by atoms with E-state index in [0.717, 1.165) is 12.8 Å². The van der Waals surface area contributed by atoms with Crippen LogP contribution in [0.25, 0.3) is 0 Å². The Morgan fingerprint density at radius 2 is 2.21 bits per heavy atom. The summed E-state index contributed by atoms with van der Waals surface area (Å²) in [5, 5.41) is 8.87. The molecule has 1 fully saturated rings. The number of ether oxygens (including phenoxy) is 1. The molecule has 0 spiro atoms. The fourth-order valence-corrected chi connectivity index (χ4v) is 1.78. The highest BCUT2D eigenvalue weighted by atomic mass is 16.5. The number of nitrogens with zero attached hydrogens (tertiary/aromatic N) is 1. The SMILES string of the molecule is C[C@@H]1OCC(/C(N)=C\O)[C@@H](C)CN1C. The molecular formula is C10H20N2O2. The van der Waals surface area contributed by atoms with Crippen molar-refractivity contribution in [3.05, 3.63) is 12.0 Å². The quantitative estimate of drug-likeness (QED) is 0.618. The van der Waals surface area contributed by atoms with Crippen LogP contribution in [-0.4, -0.2) is 36.4 Å². The number of rotatable bonds is 1. The third-order valence-corrected chi connectivity index (χ3v) is 2.98. The molecule has 0 aromatic rings. The van der Waals surface area contributed by atoms with Gasteiger partial charge in [0.1, 0.15) is 6.23 Å². The van der Waals surface area contributed by atoms with Crippen LogP contribution in [0.15, 0.2) is 12.0 Å². The number of aliphatic hydroxyl groups excluding tert-OH is 1. The van der Waals surface area contributed by atoms with Crippen LogP contribution in [0.2, 0.25) is 0 Å². The van der Waals surface area contributed by atoms with Crippen molar-refractivity contribution in [2.75, 3.05) is 20.2 Å². The van der Waals surface area contributed by atoms with Crippen LogP contribution < -0.4 is 5.73 Å². The summed E-state index contributed by atoms with van der Waals surface area (Å²) in [5.41, 5.74) is 6.22. The first-order valence-electron chi connectivity index (χ1n) is 4.97. The molecule has 4 nitrogen and oxygen atoms in total. The lowest BCUT2D eigenvalue weighted by Gasteiger charge is -2.23. The van der Waals surface area contributed by atoms with E-state index in [9.17, 15) is 0 Å². The molecule has 1 saturated heterocycles. The lowest BCUT2D eigenvalue weighted by molar-refractivity contribution is -0.0226. The zero-order valence-electron chi connectivity index (χ0n) is 9.10. The number of aliphatic hydroxyl groups is 1. The fraction of sp³-hybridized carbons (Fsp3) is 0.800. The molecule has 4 heteroatoms. The Balaban J connectivity index is 2.70. The lowest BCUT2D eigenvalue weighted by atomic mass is 9.92. The monoisotopic (exact) mass is 200 g/mol. The molecule has 0 saturated carbocycles. The van der Waals surface area contributed by atoms with E-state index in [1.165, 1.54) is 0 Å². The molecule has 0 amide bonds. The molecule has 3 atom stereocenters. The second-order valence-electron chi connectivity index (χ2n) is 4.09. The molecule has 0 aliphatic carbocycles. The van der Waals surface area contributed by atoms with Gasteiger partial charge in [0.05, 0.1) is 12.9 Å². The molecule has 0 aromatic carbocycles. The summed E-state index contributed by atoms with van der Waals surface area (Å²) in [4.78, 5) is 2.15. The van der Waals surface area contributed by atoms with Gasteiger partial charge < -0.3 is 15.6 Å². The molecule has 0 bridgehead atoms. The number of hydrogen-bond donors (Lipinski definition) is 2. The van der Waals surface area contributed by atoms with Crippen molar-refractivity contribution in [2.24, 2.45) is 17.6 Å². The van der Waals surface area contributed by atoms with E-state index in [-0.39, 0.29) is 12.1 Å². The molecule has 0 radical (unpaired) electrons. The molecule has 82 valence electrons. The fourth-order valence-electron chi connectivity index (χ4n) is 1.78. The molecule has 1 unspecified atom stereocenters. The van der Waals surface area contributed by atoms with Crippen molar-refractivity contribution in [3.8, 4) is 0 Å². The summed E-state index contributed by atoms with van der Waals surface area (Å²) in [6.07, 6.45) is 1.11. The van der Waals surface area contributed by atoms with Crippen LogP contribution in [0, 0.1) is 11.8 Å². The predicted molar refractivity (Wildman–Crippen MR) is 55.6 cm³/mol. The second-order valence-corrected chi connectivity index (χ2v) is 4.09. The summed E-state index contributed by atoms with van der Waals surface area (Å²) in [7, 11) is 2.03. The summed E-state index contributed by atoms with van der Waals surface area (Å²) in [6.45, 7) is 5.66. The van der Waals surface area contributed by atoms with Gasteiger partial charge in [-0.15, -0.1) is 0 Å². The highest BCUT2D eigenvalue weighted by Crippen LogP contribution is 2.23. The third-order valence-electron chi connectivity index (χ3n) is 2.98. The van der Waals surface area contributed by atoms with Crippen molar-refractivity contribution in [2.45, 2.75) is 20.1 Å². The van der Waals surface area contributed by atoms with E-state index in [4.69, 9.17) is 15.6 Å². The van der Waals surface area contributed by atoms with E-state index in [1.54, 1.807) is 0 Å². The van der Waals surface area contributed by atoms with Crippen molar-refractivity contribution in [1.29, 1.82) is 0 Å². The Labute approximate surface area is 85.3 Å². The van der Waals surface area contributed by atoms with E-state index < -0.39 is 0 Å². The minimum absolute atomic E-state index is 0.118. The molecule has 0 aromatic heterocycles. The molecule has 1 aliphatic heterocycles. The molecule has 3 N–H and O–H groups in total. The van der Waals surface area contributed by atoms with Gasteiger partial charge in [0, 0.05) is 18.2 Å². The molecule has 1 heterocycles. The number of hydrogen-bond acceptors (Lipinski definition) is 4. The van der Waals surface area contributed by atoms with Gasteiger partial charge in [-0.05, 0) is 19.9 Å². The van der Waals surface area contributed by atoms with Gasteiger partial charge in [-0.3, -0.25) is 4.90 Å². The standard InChI is InChI=1S/C10H20N2O2/c1-7-4-12(3)8(2)14-6-9(7)10(11)5-13/h5,7-9,13H,4,6,11H2,1-3H3/b10-5+/t7-,8-,9?/m0/s1. The largest absolute Gasteiger partial charge is 0.514 e. The van der Waals surface area contributed by atoms with Crippen LogP contribution in [0.5, 0.6) is 0 Å². The van der Waals surface area contributed by atoms with Crippen LogP contribution in [0.1, 0.15) is 13.8 Å². The third kappa shape index (κ3) is 2.39. The van der Waals surface area contributed by atoms with Crippen molar-refractivity contribution < 1.29 is 9.84 Å². The maximum atomic E-state index is 8.87. The number of nitrogens with two attached hydrogens (primary N) is 1. The maximum Gasteiger partial charge on any atom is 0.107 e. The smallest absolute Gasteiger partial charge is 0.107 e. The second kappa shape index (κ2) is 4.66. The Morgan fingerprint density at radius 3 is 2.79 bits per heavy atom. The van der Waals surface area contributed by atoms with Gasteiger partial charge in [-0.2, -0.15) is 0 Å². The first-order chi connectivity index (χ1) is 6.56. The minimum Gasteiger partial charge on any atom is -0.514 e. The van der Waals surface area contributed by atoms with Gasteiger partial charge in [0.2, 0.25) is 0 Å². The topological polar surface area (TPSA) is 58.7 Å². The Morgan fingerprint density at radius 1 is 1.57 bits per heavy atom. The Kier molecular flexibility index (Phi) is 3.77. The maximum absolute atomic E-state index is 8.87. The molecule has 14 heavy (non-hydrogen) atoms. The van der Waals surface area contributed by atoms with Gasteiger partial charge in [-0.1, -0.05) is 6.92 Å². The molecule has 1 aliphatic rings. The van der Waals surface area contributed by atoms with E-state index in [0.29, 0.717) is 18.2 Å². The van der Waals surface area contributed by atoms with Crippen LogP contribution >= 0.6 is 0 Å². The van der Waals surface area contributed by atoms with Crippen molar-refractivity contribution in [1.82, 2.24) is 4.90 Å². The molecular weight excluding hydrogens is 180 g/mol. The Bertz CT molecular complexity index is 218. The predicted octanol–water partition coefficient (Wildman–Crippen LogP) is 0.905. The average molecular weight is 200 g/mol. The van der Waals surface area contributed by atoms with Crippen LogP contribution in [0.4, 0.5) is 0 Å². The van der Waals surface area contributed by atoms with E-state index in [1.807, 2.05) is 14.0 Å². The van der Waals surface area contributed by atoms with Gasteiger partial charge in [0.25, 0.3) is 0 Å². The normalized spacial score (nSPS) is 36.8. The minimum atomic E-state index is 0.118. The van der Waals surface area contributed by atoms with E-state index >= 15 is 0 Å². The zero-order chi connectivity index (χ0) is 10.7. The summed E-state index contributed by atoms with van der Waals surface area (Å²) in [6, 6.07) is 0. The summed E-state index contributed by atoms with van der Waals surface area (Å²) < 4.78 is 5.62. The first kappa shape index (κ1) is 11.3. The van der Waals surface area contributed by atoms with Crippen LogP contribution in [0.3, 0.4) is 0 Å². The first-order valence-corrected chi connectivity index (χ1v) is 4.97. The zero-order valence-corrected chi connectivity index (χ0v) is 9.10. The van der Waals surface area contributed by atoms with Crippen molar-refractivity contribution in [3.63, 3.8) is 0 Å². The Hall–Kier alpha value is -0.740. The van der Waals surface area contributed by atoms with Gasteiger partial charge >= 0.3 is 0 Å². The highest BCUT2D eigenvalue weighted by molar-refractivity contribution is 5.00. The molecule has 1 rings (SSSR count). The average Bonchev–Trinajstić information content (AvgIpc) is 2.27. The highest BCUT2D eigenvalue weighted by Gasteiger charge is 2.27. The van der Waals surface area contributed by atoms with Crippen LogP contribution in [-0.2, 0) is 4.74 Å². The van der Waals surface area contributed by atoms with Gasteiger partial charge in [0.15, 0.2) is 0 Å².